The molecule has 0 bridgehead atoms. The Morgan fingerprint density at radius 3 is 0.923 bits per heavy atom. The van der Waals surface area contributed by atoms with Crippen molar-refractivity contribution in [1.29, 1.82) is 0 Å². The first-order chi connectivity index (χ1) is 30.2. The molecule has 17 heteroatoms. The molecule has 0 saturated heterocycles. The number of hydrogen-bond donors (Lipinski definition) is 2. The van der Waals surface area contributed by atoms with E-state index in [1.807, 2.05) is 50.2 Å². The van der Waals surface area contributed by atoms with Crippen LogP contribution in [0.5, 0.6) is 23.0 Å². The fraction of sp³-hybridized carbons (Fsp3) is 0.125. The standard InChI is InChI=1S/C26H18F4O2.C14H12Br2O2.C6H5BF2O2.C2H6.FH.K/c1-31-23-11-9-15(13-17(23)25-19(27)5-3-6-20(25)28)16-10-12-24(32-2)18(14-16)26-21(29)7-4-8-22(26)30;1-17-13-5-3-9(7-11(13)15)10-4-6-14(18-2)12(16)8-10;8-4-2-1-3-5(9)6(4)7(10)11;1-2;;/h3-14H,1-2H3;3-8H,1-2H3;1-3,10-11H;1-2H3;1H;/q;;;;;+1/p-1. The second-order valence-corrected chi connectivity index (χ2v) is 14.4. The van der Waals surface area contributed by atoms with Crippen LogP contribution in [0.1, 0.15) is 13.8 Å². The summed E-state index contributed by atoms with van der Waals surface area (Å²) in [4.78, 5) is 0. The van der Waals surface area contributed by atoms with Gasteiger partial charge in [0.15, 0.2) is 0 Å². The van der Waals surface area contributed by atoms with Gasteiger partial charge in [0, 0.05) is 11.1 Å². The van der Waals surface area contributed by atoms with E-state index in [2.05, 4.69) is 31.9 Å². The normalized spacial score (nSPS) is 9.91. The van der Waals surface area contributed by atoms with Crippen molar-refractivity contribution in [1.82, 2.24) is 0 Å². The minimum Gasteiger partial charge on any atom is -1.00 e. The molecule has 336 valence electrons. The van der Waals surface area contributed by atoms with Crippen LogP contribution < -0.4 is 80.5 Å². The van der Waals surface area contributed by atoms with Gasteiger partial charge in [-0.2, -0.15) is 0 Å². The first-order valence-corrected chi connectivity index (χ1v) is 20.5. The molecule has 0 amide bonds. The van der Waals surface area contributed by atoms with Gasteiger partial charge in [0.2, 0.25) is 0 Å². The maximum absolute atomic E-state index is 14.5. The van der Waals surface area contributed by atoms with E-state index >= 15 is 0 Å². The van der Waals surface area contributed by atoms with Crippen molar-refractivity contribution in [3.05, 3.63) is 171 Å². The zero-order chi connectivity index (χ0) is 46.4. The first kappa shape index (κ1) is 57.0. The molecule has 0 aromatic heterocycles. The minimum absolute atomic E-state index is 0. The van der Waals surface area contributed by atoms with Gasteiger partial charge in [-0.1, -0.05) is 56.3 Å². The van der Waals surface area contributed by atoms with E-state index in [0.29, 0.717) is 11.1 Å². The maximum Gasteiger partial charge on any atom is 1.00 e. The van der Waals surface area contributed by atoms with Crippen molar-refractivity contribution >= 4 is 44.4 Å². The van der Waals surface area contributed by atoms with Crippen molar-refractivity contribution in [2.24, 2.45) is 0 Å². The predicted molar refractivity (Wildman–Crippen MR) is 244 cm³/mol. The monoisotopic (exact) mass is 1050 g/mol. The van der Waals surface area contributed by atoms with Crippen LogP contribution in [0.4, 0.5) is 26.3 Å². The van der Waals surface area contributed by atoms with Crippen LogP contribution in [0.2, 0.25) is 0 Å². The molecule has 0 spiro atoms. The number of rotatable bonds is 9. The molecule has 7 rings (SSSR count). The SMILES string of the molecule is CC.COc1ccc(-c2ccc(OC)c(-c3c(F)cccc3F)c2)cc1-c1c(F)cccc1F.COc1ccc(-c2ccc(OC)c(Br)c2)cc1Br.OB(O)c1c(F)cccc1F.[F-].[K+]. The molecule has 7 aromatic rings. The van der Waals surface area contributed by atoms with E-state index in [-0.39, 0.29) is 89.8 Å². The van der Waals surface area contributed by atoms with Gasteiger partial charge in [-0.15, -0.1) is 0 Å². The summed E-state index contributed by atoms with van der Waals surface area (Å²) in [5, 5.41) is 16.9. The number of ether oxygens (including phenoxy) is 4. The van der Waals surface area contributed by atoms with Crippen LogP contribution in [-0.2, 0) is 0 Å². The van der Waals surface area contributed by atoms with Crippen LogP contribution in [0.15, 0.2) is 136 Å². The molecule has 0 saturated carbocycles. The van der Waals surface area contributed by atoms with E-state index in [9.17, 15) is 26.3 Å². The second kappa shape index (κ2) is 27.5. The fourth-order valence-corrected chi connectivity index (χ4v) is 7.21. The zero-order valence-corrected chi connectivity index (χ0v) is 42.4. The largest absolute Gasteiger partial charge is 1.00 e. The fourth-order valence-electron chi connectivity index (χ4n) is 6.13. The molecule has 7 aromatic carbocycles. The van der Waals surface area contributed by atoms with E-state index < -0.39 is 47.5 Å². The third kappa shape index (κ3) is 14.4. The van der Waals surface area contributed by atoms with E-state index in [4.69, 9.17) is 29.0 Å². The quantitative estimate of drug-likeness (QED) is 0.122. The molecule has 0 atom stereocenters. The Kier molecular flexibility index (Phi) is 24.1. The molecule has 0 radical (unpaired) electrons. The van der Waals surface area contributed by atoms with Gasteiger partial charge < -0.3 is 33.7 Å². The summed E-state index contributed by atoms with van der Waals surface area (Å²) >= 11 is 6.98. The average molecular weight is 1060 g/mol. The summed E-state index contributed by atoms with van der Waals surface area (Å²) in [5.74, 6) is -2.63. The molecular weight excluding hydrogens is 1020 g/mol. The molecular formula is C48H41BBr2F7KO6. The first-order valence-electron chi connectivity index (χ1n) is 19.0. The average Bonchev–Trinajstić information content (AvgIpc) is 3.27. The summed E-state index contributed by atoms with van der Waals surface area (Å²) in [6.07, 6.45) is 0. The van der Waals surface area contributed by atoms with Gasteiger partial charge in [0.05, 0.1) is 54.0 Å². The summed E-state index contributed by atoms with van der Waals surface area (Å²) in [6.45, 7) is 4.00. The van der Waals surface area contributed by atoms with E-state index in [0.717, 1.165) is 74.0 Å². The Balaban J connectivity index is 0.000000371. The summed E-state index contributed by atoms with van der Waals surface area (Å²) in [6, 6.07) is 32.0. The number of hydrogen-bond acceptors (Lipinski definition) is 6. The summed E-state index contributed by atoms with van der Waals surface area (Å²) in [5.41, 5.74) is 2.66. The molecule has 0 unspecified atom stereocenters. The van der Waals surface area contributed by atoms with Crippen LogP contribution in [0.3, 0.4) is 0 Å². The molecule has 0 heterocycles. The number of benzene rings is 7. The summed E-state index contributed by atoms with van der Waals surface area (Å²) < 4.78 is 106. The Labute approximate surface area is 432 Å². The molecule has 65 heavy (non-hydrogen) atoms. The second-order valence-electron chi connectivity index (χ2n) is 12.7. The van der Waals surface area contributed by atoms with Crippen molar-refractivity contribution < 1.29 is 111 Å². The molecule has 0 aliphatic carbocycles. The van der Waals surface area contributed by atoms with Crippen molar-refractivity contribution in [2.45, 2.75) is 13.8 Å². The Hall–Kier alpha value is -4.17. The smallest absolute Gasteiger partial charge is 1.00 e. The van der Waals surface area contributed by atoms with Gasteiger partial charge in [0.25, 0.3) is 0 Å². The Morgan fingerprint density at radius 1 is 0.415 bits per heavy atom. The van der Waals surface area contributed by atoms with Crippen LogP contribution in [0.25, 0.3) is 44.5 Å². The molecule has 0 aliphatic heterocycles. The van der Waals surface area contributed by atoms with Crippen molar-refractivity contribution in [2.75, 3.05) is 28.4 Å². The Bertz CT molecular complexity index is 2450. The van der Waals surface area contributed by atoms with Gasteiger partial charge in [-0.05, 0) is 139 Å². The van der Waals surface area contributed by atoms with Crippen LogP contribution in [0, 0.1) is 34.9 Å². The molecule has 2 N–H and O–H groups in total. The topological polar surface area (TPSA) is 77.4 Å². The van der Waals surface area contributed by atoms with E-state index in [1.165, 1.54) is 26.4 Å². The summed E-state index contributed by atoms with van der Waals surface area (Å²) in [7, 11) is 4.03. The Morgan fingerprint density at radius 2 is 0.677 bits per heavy atom. The third-order valence-corrected chi connectivity index (χ3v) is 10.3. The third-order valence-electron chi connectivity index (χ3n) is 9.09. The van der Waals surface area contributed by atoms with E-state index in [1.54, 1.807) is 50.6 Å². The van der Waals surface area contributed by atoms with Gasteiger partial charge in [0.1, 0.15) is 57.9 Å². The molecule has 6 nitrogen and oxygen atoms in total. The minimum atomic E-state index is -2.10. The van der Waals surface area contributed by atoms with Crippen LogP contribution >= 0.6 is 31.9 Å². The predicted octanol–water partition coefficient (Wildman–Crippen LogP) is 6.84. The van der Waals surface area contributed by atoms with Crippen molar-refractivity contribution in [3.63, 3.8) is 0 Å². The van der Waals surface area contributed by atoms with Crippen molar-refractivity contribution in [3.8, 4) is 67.5 Å². The van der Waals surface area contributed by atoms with Gasteiger partial charge in [-0.25, -0.2) is 26.3 Å². The number of halogens is 9. The van der Waals surface area contributed by atoms with Crippen LogP contribution in [-0.4, -0.2) is 45.6 Å². The number of methoxy groups -OCH3 is 4. The maximum atomic E-state index is 14.5. The molecule has 0 fully saturated rings. The zero-order valence-electron chi connectivity index (χ0n) is 36.1. The van der Waals surface area contributed by atoms with Gasteiger partial charge in [-0.3, -0.25) is 0 Å². The molecule has 0 aliphatic rings. The van der Waals surface area contributed by atoms with Gasteiger partial charge >= 0.3 is 58.5 Å².